The topological polar surface area (TPSA) is 88.1 Å². The summed E-state index contributed by atoms with van der Waals surface area (Å²) in [6.07, 6.45) is -3.41. The molecule has 0 aliphatic carbocycles. The van der Waals surface area contributed by atoms with Gasteiger partial charge in [-0.05, 0) is 31.4 Å². The zero-order chi connectivity index (χ0) is 23.7. The molecule has 10 heteroatoms. The predicted molar refractivity (Wildman–Crippen MR) is 111 cm³/mol. The molecule has 2 saturated heterocycles. The van der Waals surface area contributed by atoms with Crippen molar-refractivity contribution in [3.63, 3.8) is 0 Å². The number of aryl methyl sites for hydroxylation is 1. The van der Waals surface area contributed by atoms with Gasteiger partial charge in [0.1, 0.15) is 0 Å². The van der Waals surface area contributed by atoms with Gasteiger partial charge in [0.15, 0.2) is 0 Å². The van der Waals surface area contributed by atoms with E-state index in [-0.39, 0.29) is 12.0 Å². The van der Waals surface area contributed by atoms with Crippen LogP contribution in [-0.2, 0) is 25.6 Å². The minimum Gasteiger partial charge on any atom is -0.475 e. The Morgan fingerprint density at radius 1 is 1.34 bits per heavy atom. The molecule has 2 N–H and O–H groups in total. The van der Waals surface area contributed by atoms with Crippen LogP contribution in [0.15, 0.2) is 24.3 Å². The molecule has 32 heavy (non-hydrogen) atoms. The molecule has 0 radical (unpaired) electrons. The zero-order valence-electron chi connectivity index (χ0n) is 18.4. The minimum atomic E-state index is -5.08. The highest BCUT2D eigenvalue weighted by atomic mass is 19.4. The van der Waals surface area contributed by atoms with Crippen LogP contribution in [0.4, 0.5) is 13.2 Å². The third-order valence-corrected chi connectivity index (χ3v) is 5.62. The molecular weight excluding hydrogens is 429 g/mol. The second-order valence-corrected chi connectivity index (χ2v) is 8.16. The third-order valence-electron chi connectivity index (χ3n) is 5.62. The number of likely N-dealkylation sites (tertiary alicyclic amines) is 1. The summed E-state index contributed by atoms with van der Waals surface area (Å²) < 4.78 is 42.7. The fraction of sp³-hybridized carbons (Fsp3) is 0.636. The van der Waals surface area contributed by atoms with Crippen LogP contribution in [-0.4, -0.2) is 74.1 Å². The summed E-state index contributed by atoms with van der Waals surface area (Å²) in [7, 11) is 1.64. The number of amides is 1. The van der Waals surface area contributed by atoms with Gasteiger partial charge in [0.2, 0.25) is 5.91 Å². The van der Waals surface area contributed by atoms with Crippen LogP contribution in [0.3, 0.4) is 0 Å². The van der Waals surface area contributed by atoms with Crippen LogP contribution in [0.5, 0.6) is 0 Å². The first-order valence-electron chi connectivity index (χ1n) is 10.6. The number of carboxylic acid groups (broad SMARTS) is 1. The number of methoxy groups -OCH3 is 1. The molecule has 2 heterocycles. The van der Waals surface area contributed by atoms with Crippen molar-refractivity contribution in [3.05, 3.63) is 35.4 Å². The summed E-state index contributed by atoms with van der Waals surface area (Å²) in [6, 6.07) is 8.75. The van der Waals surface area contributed by atoms with E-state index in [0.29, 0.717) is 31.4 Å². The van der Waals surface area contributed by atoms with Crippen LogP contribution in [0, 0.1) is 18.8 Å². The van der Waals surface area contributed by atoms with E-state index in [9.17, 15) is 18.0 Å². The molecule has 2 aliphatic rings. The Morgan fingerprint density at radius 2 is 2.06 bits per heavy atom. The van der Waals surface area contributed by atoms with Crippen LogP contribution >= 0.6 is 0 Å². The van der Waals surface area contributed by atoms with Gasteiger partial charge >= 0.3 is 12.1 Å². The molecule has 2 aliphatic heterocycles. The van der Waals surface area contributed by atoms with E-state index in [4.69, 9.17) is 19.4 Å². The van der Waals surface area contributed by atoms with Gasteiger partial charge < -0.3 is 19.9 Å². The maximum atomic E-state index is 12.0. The number of ether oxygens (including phenoxy) is 2. The van der Waals surface area contributed by atoms with Crippen molar-refractivity contribution in [1.82, 2.24) is 10.2 Å². The van der Waals surface area contributed by atoms with Gasteiger partial charge in [-0.3, -0.25) is 9.69 Å². The monoisotopic (exact) mass is 460 g/mol. The van der Waals surface area contributed by atoms with Crippen molar-refractivity contribution in [2.45, 2.75) is 38.6 Å². The fourth-order valence-electron chi connectivity index (χ4n) is 4.13. The molecule has 2 fully saturated rings. The number of aliphatic carboxylic acids is 1. The summed E-state index contributed by atoms with van der Waals surface area (Å²) in [5, 5.41) is 10.0. The Labute approximate surface area is 185 Å². The normalized spacial score (nSPS) is 23.1. The second kappa shape index (κ2) is 12.2. The Morgan fingerprint density at radius 3 is 2.69 bits per heavy atom. The van der Waals surface area contributed by atoms with E-state index in [2.05, 4.69) is 41.4 Å². The molecule has 0 aromatic heterocycles. The van der Waals surface area contributed by atoms with Crippen LogP contribution in [0.2, 0.25) is 0 Å². The number of fused-ring (bicyclic) bond motifs is 1. The molecule has 0 unspecified atom stereocenters. The van der Waals surface area contributed by atoms with Gasteiger partial charge in [0.05, 0.1) is 25.7 Å². The van der Waals surface area contributed by atoms with Crippen LogP contribution < -0.4 is 5.32 Å². The maximum absolute atomic E-state index is 12.0. The first-order valence-corrected chi connectivity index (χ1v) is 10.6. The largest absolute Gasteiger partial charge is 0.490 e. The van der Waals surface area contributed by atoms with Gasteiger partial charge in [0, 0.05) is 32.7 Å². The first-order chi connectivity index (χ1) is 15.1. The predicted octanol–water partition coefficient (Wildman–Crippen LogP) is 2.62. The van der Waals surface area contributed by atoms with Crippen LogP contribution in [0.25, 0.3) is 0 Å². The Hall–Kier alpha value is -2.17. The quantitative estimate of drug-likeness (QED) is 0.609. The average molecular weight is 460 g/mol. The Bertz CT molecular complexity index is 759. The van der Waals surface area contributed by atoms with Crippen molar-refractivity contribution in [2.75, 3.05) is 40.0 Å². The number of halogens is 3. The summed E-state index contributed by atoms with van der Waals surface area (Å²) in [4.78, 5) is 23.5. The molecule has 1 aromatic carbocycles. The van der Waals surface area contributed by atoms with Crippen molar-refractivity contribution in [2.24, 2.45) is 11.8 Å². The number of nitrogens with zero attached hydrogens (tertiary/aromatic N) is 1. The van der Waals surface area contributed by atoms with Crippen LogP contribution in [0.1, 0.15) is 24.0 Å². The second-order valence-electron chi connectivity index (χ2n) is 8.16. The molecule has 3 rings (SSSR count). The molecule has 7 nitrogen and oxygen atoms in total. The van der Waals surface area contributed by atoms with E-state index in [1.807, 2.05) is 0 Å². The van der Waals surface area contributed by atoms with Crippen molar-refractivity contribution < 1.29 is 37.3 Å². The number of carbonyl (C=O) groups is 2. The number of rotatable bonds is 7. The van der Waals surface area contributed by atoms with Crippen molar-refractivity contribution in [3.8, 4) is 0 Å². The van der Waals surface area contributed by atoms with E-state index < -0.39 is 12.1 Å². The van der Waals surface area contributed by atoms with Gasteiger partial charge in [-0.1, -0.05) is 29.8 Å². The van der Waals surface area contributed by atoms with Crippen molar-refractivity contribution >= 4 is 11.9 Å². The molecule has 0 spiro atoms. The molecule has 0 bridgehead atoms. The lowest BCUT2D eigenvalue weighted by molar-refractivity contribution is -0.192. The molecule has 1 amide bonds. The summed E-state index contributed by atoms with van der Waals surface area (Å²) in [5.41, 5.74) is 2.70. The SMILES string of the molecule is COCCNC(=O)C[C@H]1OC[C@H]2CN(Cc3cccc(C)c3)CC[C@H]21.O=C(O)C(F)(F)F. The molecular formula is C22H31F3N2O5. The van der Waals surface area contributed by atoms with Gasteiger partial charge in [-0.15, -0.1) is 0 Å². The number of nitrogens with one attached hydrogen (secondary N) is 1. The van der Waals surface area contributed by atoms with Gasteiger partial charge in [-0.25, -0.2) is 4.79 Å². The van der Waals surface area contributed by atoms with Gasteiger partial charge in [0.25, 0.3) is 0 Å². The summed E-state index contributed by atoms with van der Waals surface area (Å²) in [5.74, 6) is -1.62. The lowest BCUT2D eigenvalue weighted by Crippen LogP contribution is -2.42. The number of hydrogen-bond acceptors (Lipinski definition) is 5. The first kappa shape index (κ1) is 26.1. The highest BCUT2D eigenvalue weighted by Crippen LogP contribution is 2.36. The van der Waals surface area contributed by atoms with Gasteiger partial charge in [-0.2, -0.15) is 13.2 Å². The van der Waals surface area contributed by atoms with E-state index in [1.54, 1.807) is 7.11 Å². The third kappa shape index (κ3) is 8.40. The standard InChI is InChI=1S/C20H30N2O3.C2HF3O2/c1-15-4-3-5-16(10-15)12-22-8-6-18-17(13-22)14-25-19(18)11-20(23)21-7-9-24-2;3-2(4,5)1(6)7/h3-5,10,17-19H,6-9,11-14H2,1-2H3,(H,21,23);(H,6,7)/t17-,18-,19-;/m1./s1. The number of benzene rings is 1. The minimum absolute atomic E-state index is 0.0740. The molecule has 3 atom stereocenters. The molecule has 180 valence electrons. The smallest absolute Gasteiger partial charge is 0.475 e. The zero-order valence-corrected chi connectivity index (χ0v) is 18.4. The fourth-order valence-corrected chi connectivity index (χ4v) is 4.13. The maximum Gasteiger partial charge on any atom is 0.490 e. The average Bonchev–Trinajstić information content (AvgIpc) is 3.10. The number of carboxylic acids is 1. The number of hydrogen-bond donors (Lipinski definition) is 2. The molecule has 0 saturated carbocycles. The summed E-state index contributed by atoms with van der Waals surface area (Å²) in [6.45, 7) is 7.21. The van der Waals surface area contributed by atoms with E-state index in [0.717, 1.165) is 32.7 Å². The highest BCUT2D eigenvalue weighted by Gasteiger charge is 2.41. The van der Waals surface area contributed by atoms with E-state index in [1.165, 1.54) is 11.1 Å². The lowest BCUT2D eigenvalue weighted by Gasteiger charge is -2.35. The Kier molecular flexibility index (Phi) is 9.92. The Balaban J connectivity index is 0.000000451. The summed E-state index contributed by atoms with van der Waals surface area (Å²) >= 11 is 0. The number of alkyl halides is 3. The number of piperidine rings is 1. The van der Waals surface area contributed by atoms with E-state index >= 15 is 0 Å². The molecule has 1 aromatic rings. The highest BCUT2D eigenvalue weighted by molar-refractivity contribution is 5.76. The lowest BCUT2D eigenvalue weighted by atomic mass is 9.83. The van der Waals surface area contributed by atoms with Crippen molar-refractivity contribution in [1.29, 1.82) is 0 Å². The number of carbonyl (C=O) groups excluding carboxylic acids is 1.